The lowest BCUT2D eigenvalue weighted by Crippen LogP contribution is -2.38. The van der Waals surface area contributed by atoms with Crippen molar-refractivity contribution in [2.45, 2.75) is 91.3 Å². The van der Waals surface area contributed by atoms with Gasteiger partial charge in [0.25, 0.3) is 0 Å². The second-order valence-electron chi connectivity index (χ2n) is 8.36. The molecule has 2 aliphatic carbocycles. The fourth-order valence-electron chi connectivity index (χ4n) is 4.79. The standard InChI is InChI=1S/C22H38O2Si/c1-7-25(8-2,9-3)24-22-15-18(16(4)5)14-20(17(22)6)19-12-10-11-13-21(19)23/h18-20H,4,7-15H2,1-3,5-6H3/t18-,19-,20-/m1/s1. The van der Waals surface area contributed by atoms with Gasteiger partial charge in [-0.05, 0) is 68.7 Å². The van der Waals surface area contributed by atoms with Crippen LogP contribution in [-0.4, -0.2) is 14.1 Å². The van der Waals surface area contributed by atoms with E-state index in [9.17, 15) is 4.79 Å². The first-order valence-electron chi connectivity index (χ1n) is 10.4. The van der Waals surface area contributed by atoms with Gasteiger partial charge in [-0.25, -0.2) is 0 Å². The Morgan fingerprint density at radius 3 is 2.32 bits per heavy atom. The van der Waals surface area contributed by atoms with Crippen molar-refractivity contribution in [2.75, 3.05) is 0 Å². The number of rotatable bonds is 7. The number of hydrogen-bond acceptors (Lipinski definition) is 2. The molecule has 0 radical (unpaired) electrons. The van der Waals surface area contributed by atoms with Gasteiger partial charge in [0.05, 0.1) is 5.76 Å². The van der Waals surface area contributed by atoms with Gasteiger partial charge >= 0.3 is 0 Å². The lowest BCUT2D eigenvalue weighted by molar-refractivity contribution is -0.126. The Labute approximate surface area is 156 Å². The average molecular weight is 363 g/mol. The minimum absolute atomic E-state index is 0.218. The Hall–Kier alpha value is -0.833. The normalized spacial score (nSPS) is 28.2. The van der Waals surface area contributed by atoms with Gasteiger partial charge < -0.3 is 4.43 Å². The van der Waals surface area contributed by atoms with Crippen molar-refractivity contribution in [3.05, 3.63) is 23.5 Å². The Balaban J connectivity index is 2.34. The molecule has 1 saturated carbocycles. The second-order valence-corrected chi connectivity index (χ2v) is 13.1. The van der Waals surface area contributed by atoms with Crippen molar-refractivity contribution >= 4 is 14.1 Å². The summed E-state index contributed by atoms with van der Waals surface area (Å²) < 4.78 is 6.84. The molecule has 0 bridgehead atoms. The Morgan fingerprint density at radius 1 is 1.16 bits per heavy atom. The predicted molar refractivity (Wildman–Crippen MR) is 109 cm³/mol. The monoisotopic (exact) mass is 362 g/mol. The summed E-state index contributed by atoms with van der Waals surface area (Å²) in [5.74, 6) is 2.77. The molecule has 0 N–H and O–H groups in total. The average Bonchev–Trinajstić information content (AvgIpc) is 2.62. The fourth-order valence-corrected chi connectivity index (χ4v) is 7.49. The van der Waals surface area contributed by atoms with Gasteiger partial charge in [-0.1, -0.05) is 39.3 Å². The number of carbonyl (C=O) groups is 1. The molecule has 0 spiro atoms. The topological polar surface area (TPSA) is 26.3 Å². The van der Waals surface area contributed by atoms with Crippen molar-refractivity contribution in [3.8, 4) is 0 Å². The van der Waals surface area contributed by atoms with E-state index < -0.39 is 8.32 Å². The molecule has 0 heterocycles. The fraction of sp³-hybridized carbons (Fsp3) is 0.773. The maximum Gasteiger partial charge on any atom is 0.250 e. The maximum atomic E-state index is 12.6. The zero-order valence-electron chi connectivity index (χ0n) is 17.1. The van der Waals surface area contributed by atoms with Gasteiger partial charge in [0.15, 0.2) is 0 Å². The highest BCUT2D eigenvalue weighted by Crippen LogP contribution is 2.45. The molecule has 3 heteroatoms. The van der Waals surface area contributed by atoms with Crippen LogP contribution in [0.15, 0.2) is 23.5 Å². The quantitative estimate of drug-likeness (QED) is 0.374. The predicted octanol–water partition coefficient (Wildman–Crippen LogP) is 6.64. The third-order valence-electron chi connectivity index (χ3n) is 7.02. The van der Waals surface area contributed by atoms with E-state index in [1.165, 1.54) is 41.5 Å². The number of ketones is 1. The van der Waals surface area contributed by atoms with Crippen molar-refractivity contribution in [1.29, 1.82) is 0 Å². The molecule has 0 aromatic carbocycles. The van der Waals surface area contributed by atoms with Crippen LogP contribution < -0.4 is 0 Å². The van der Waals surface area contributed by atoms with Crippen molar-refractivity contribution in [3.63, 3.8) is 0 Å². The summed E-state index contributed by atoms with van der Waals surface area (Å²) in [4.78, 5) is 12.6. The van der Waals surface area contributed by atoms with Gasteiger partial charge in [-0.15, -0.1) is 0 Å². The molecular formula is C22H38O2Si. The van der Waals surface area contributed by atoms with Gasteiger partial charge in [0.1, 0.15) is 5.78 Å². The molecule has 0 unspecified atom stereocenters. The summed E-state index contributed by atoms with van der Waals surface area (Å²) >= 11 is 0. The second kappa shape index (κ2) is 8.70. The van der Waals surface area contributed by atoms with Crippen molar-refractivity contribution < 1.29 is 9.22 Å². The van der Waals surface area contributed by atoms with Gasteiger partial charge in [-0.2, -0.15) is 0 Å². The summed E-state index contributed by atoms with van der Waals surface area (Å²) in [7, 11) is -1.68. The van der Waals surface area contributed by atoms with Crippen molar-refractivity contribution in [2.24, 2.45) is 17.8 Å². The summed E-state index contributed by atoms with van der Waals surface area (Å²) in [5, 5.41) is 0. The van der Waals surface area contributed by atoms with Gasteiger partial charge in [0.2, 0.25) is 8.32 Å². The summed E-state index contributed by atoms with van der Waals surface area (Å²) in [6.07, 6.45) is 6.20. The van der Waals surface area contributed by atoms with E-state index in [-0.39, 0.29) is 5.92 Å². The van der Waals surface area contributed by atoms with E-state index in [0.717, 1.165) is 32.1 Å². The molecule has 0 aromatic heterocycles. The van der Waals surface area contributed by atoms with Crippen LogP contribution in [0.4, 0.5) is 0 Å². The van der Waals surface area contributed by atoms with Crippen LogP contribution in [0.1, 0.15) is 73.1 Å². The third kappa shape index (κ3) is 4.47. The minimum atomic E-state index is -1.68. The molecule has 0 aromatic rings. The van der Waals surface area contributed by atoms with Crippen LogP contribution in [0.25, 0.3) is 0 Å². The minimum Gasteiger partial charge on any atom is -0.547 e. The Kier molecular flexibility index (Phi) is 7.13. The summed E-state index contributed by atoms with van der Waals surface area (Å²) in [6.45, 7) is 15.5. The van der Waals surface area contributed by atoms with Gasteiger partial charge in [0, 0.05) is 18.8 Å². The molecule has 0 amide bonds. The maximum absolute atomic E-state index is 12.6. The molecule has 2 rings (SSSR count). The zero-order chi connectivity index (χ0) is 18.6. The van der Waals surface area contributed by atoms with E-state index in [1.54, 1.807) is 0 Å². The molecular weight excluding hydrogens is 324 g/mol. The highest BCUT2D eigenvalue weighted by atomic mass is 28.4. The molecule has 142 valence electrons. The van der Waals surface area contributed by atoms with E-state index in [0.29, 0.717) is 17.6 Å². The molecule has 25 heavy (non-hydrogen) atoms. The zero-order valence-corrected chi connectivity index (χ0v) is 18.1. The number of hydrogen-bond donors (Lipinski definition) is 0. The molecule has 3 atom stereocenters. The van der Waals surface area contributed by atoms with Crippen molar-refractivity contribution in [1.82, 2.24) is 0 Å². The van der Waals surface area contributed by atoms with E-state index in [4.69, 9.17) is 4.43 Å². The Bertz CT molecular complexity index is 522. The van der Waals surface area contributed by atoms with E-state index in [2.05, 4.69) is 41.2 Å². The van der Waals surface area contributed by atoms with Crippen LogP contribution >= 0.6 is 0 Å². The van der Waals surface area contributed by atoms with Crippen LogP contribution in [-0.2, 0) is 9.22 Å². The smallest absolute Gasteiger partial charge is 0.250 e. The van der Waals surface area contributed by atoms with E-state index >= 15 is 0 Å². The van der Waals surface area contributed by atoms with Crippen LogP contribution in [0.2, 0.25) is 18.1 Å². The lowest BCUT2D eigenvalue weighted by Gasteiger charge is -2.41. The molecule has 0 saturated heterocycles. The molecule has 2 aliphatic rings. The SMILES string of the molecule is C=C(C)[C@H]1CC(O[Si](CC)(CC)CC)=C(C)[C@H]([C@H]2CCCCC2=O)C1. The molecule has 2 nitrogen and oxygen atoms in total. The molecule has 0 aliphatic heterocycles. The first-order valence-corrected chi connectivity index (χ1v) is 13.0. The molecule has 1 fully saturated rings. The lowest BCUT2D eigenvalue weighted by atomic mass is 9.68. The Morgan fingerprint density at radius 2 is 1.80 bits per heavy atom. The van der Waals surface area contributed by atoms with Crippen LogP contribution in [0.3, 0.4) is 0 Å². The van der Waals surface area contributed by atoms with E-state index in [1.807, 2.05) is 0 Å². The first kappa shape index (κ1) is 20.5. The number of allylic oxidation sites excluding steroid dienone is 3. The summed E-state index contributed by atoms with van der Waals surface area (Å²) in [5.41, 5.74) is 2.63. The van der Waals surface area contributed by atoms with Crippen LogP contribution in [0, 0.1) is 17.8 Å². The van der Waals surface area contributed by atoms with Gasteiger partial charge in [-0.3, -0.25) is 4.79 Å². The summed E-state index contributed by atoms with van der Waals surface area (Å²) in [6, 6.07) is 3.50. The third-order valence-corrected chi connectivity index (χ3v) is 11.6. The number of Topliss-reactive ketones (excluding diaryl/α,β-unsaturated/α-hetero) is 1. The van der Waals surface area contributed by atoms with Crippen LogP contribution in [0.5, 0.6) is 0 Å². The highest BCUT2D eigenvalue weighted by molar-refractivity contribution is 6.73. The largest absolute Gasteiger partial charge is 0.547 e. The first-order chi connectivity index (χ1) is 11.9. The number of carbonyl (C=O) groups excluding carboxylic acids is 1. The highest BCUT2D eigenvalue weighted by Gasteiger charge is 2.40.